The standard InChI is InChI=1S/C34H33Cl2F3N8O4/c1-19(17-41-28(49)29(50)42-25-10-3-20(2)26(36)15-25)16-40-27(48)21-4-11-24(12-5-21)43-30-44-31(46-32(45-30)51-18-34(37,38)39)47-33(13-14-33)22-6-8-23(35)9-7-22/h3-12,15,19H,13-14,16-18H2,1-2H3,(H,40,48)(H,41,49)(H,42,50)(H2,43,44,45,46,47). The maximum absolute atomic E-state index is 12.9. The zero-order valence-corrected chi connectivity index (χ0v) is 28.8. The number of nitrogens with zero attached hydrogens (tertiary/aromatic N) is 3. The van der Waals surface area contributed by atoms with Crippen molar-refractivity contribution in [3.63, 3.8) is 0 Å². The second kappa shape index (κ2) is 15.8. The fraction of sp³-hybridized carbons (Fsp3) is 0.294. The number of hydrogen-bond acceptors (Lipinski definition) is 9. The minimum atomic E-state index is -4.61. The Bertz CT molecular complexity index is 1890. The van der Waals surface area contributed by atoms with E-state index in [4.69, 9.17) is 27.9 Å². The van der Waals surface area contributed by atoms with E-state index in [-0.39, 0.29) is 36.8 Å². The SMILES string of the molecule is Cc1ccc(NC(=O)C(=O)NCC(C)CNC(=O)c2ccc(Nc3nc(NC4(c5ccc(Cl)cc5)CC4)nc(OCC(F)(F)F)n3)cc2)cc1Cl. The summed E-state index contributed by atoms with van der Waals surface area (Å²) in [4.78, 5) is 49.6. The van der Waals surface area contributed by atoms with Gasteiger partial charge in [-0.3, -0.25) is 14.4 Å². The lowest BCUT2D eigenvalue weighted by atomic mass is 10.1. The van der Waals surface area contributed by atoms with Crippen LogP contribution in [0.3, 0.4) is 0 Å². The fourth-order valence-corrected chi connectivity index (χ4v) is 5.06. The molecule has 1 aromatic heterocycles. The van der Waals surface area contributed by atoms with Crippen molar-refractivity contribution in [3.8, 4) is 6.01 Å². The molecule has 1 saturated carbocycles. The van der Waals surface area contributed by atoms with Crippen LogP contribution in [-0.2, 0) is 15.1 Å². The Labute approximate surface area is 300 Å². The molecule has 1 aliphatic carbocycles. The first-order chi connectivity index (χ1) is 24.2. The smallest absolute Gasteiger partial charge is 0.422 e. The normalized spacial score (nSPS) is 13.8. The number of aryl methyl sites for hydroxylation is 1. The summed E-state index contributed by atoms with van der Waals surface area (Å²) in [5, 5.41) is 14.9. The van der Waals surface area contributed by atoms with Crippen molar-refractivity contribution in [2.24, 2.45) is 5.92 Å². The predicted octanol–water partition coefficient (Wildman–Crippen LogP) is 6.39. The molecule has 0 radical (unpaired) electrons. The molecule has 1 heterocycles. The molecule has 4 aromatic rings. The summed E-state index contributed by atoms with van der Waals surface area (Å²) < 4.78 is 43.6. The van der Waals surface area contributed by atoms with Gasteiger partial charge in [0.1, 0.15) is 0 Å². The minimum Gasteiger partial charge on any atom is -0.454 e. The van der Waals surface area contributed by atoms with Crippen LogP contribution in [0, 0.1) is 12.8 Å². The maximum Gasteiger partial charge on any atom is 0.422 e. The number of anilines is 4. The Morgan fingerprint density at radius 3 is 2.16 bits per heavy atom. The van der Waals surface area contributed by atoms with E-state index in [2.05, 4.69) is 41.5 Å². The lowest BCUT2D eigenvalue weighted by Crippen LogP contribution is -2.40. The molecule has 0 bridgehead atoms. The molecule has 5 rings (SSSR count). The van der Waals surface area contributed by atoms with Crippen molar-refractivity contribution in [1.29, 1.82) is 0 Å². The number of amides is 3. The van der Waals surface area contributed by atoms with Crippen molar-refractivity contribution in [1.82, 2.24) is 25.6 Å². The molecule has 0 aliphatic heterocycles. The van der Waals surface area contributed by atoms with E-state index in [0.29, 0.717) is 27.0 Å². The number of aromatic nitrogens is 3. The van der Waals surface area contributed by atoms with Crippen molar-refractivity contribution in [2.45, 2.75) is 38.4 Å². The number of hydrogen-bond donors (Lipinski definition) is 5. The number of benzene rings is 3. The highest BCUT2D eigenvalue weighted by Gasteiger charge is 2.45. The molecule has 1 unspecified atom stereocenters. The summed E-state index contributed by atoms with van der Waals surface area (Å²) in [6, 6.07) is 17.8. The van der Waals surface area contributed by atoms with E-state index in [9.17, 15) is 27.6 Å². The second-order valence-corrected chi connectivity index (χ2v) is 12.9. The number of ether oxygens (including phenoxy) is 1. The van der Waals surface area contributed by atoms with E-state index in [1.807, 2.05) is 19.1 Å². The Morgan fingerprint density at radius 2 is 1.51 bits per heavy atom. The van der Waals surface area contributed by atoms with Gasteiger partial charge in [-0.05, 0) is 85.3 Å². The largest absolute Gasteiger partial charge is 0.454 e. The molecule has 0 saturated heterocycles. The first kappa shape index (κ1) is 37.1. The Balaban J connectivity index is 1.15. The highest BCUT2D eigenvalue weighted by molar-refractivity contribution is 6.40. The zero-order chi connectivity index (χ0) is 36.8. The topological polar surface area (TPSA) is 159 Å². The molecule has 12 nitrogen and oxygen atoms in total. The van der Waals surface area contributed by atoms with Gasteiger partial charge in [-0.25, -0.2) is 0 Å². The van der Waals surface area contributed by atoms with Crippen molar-refractivity contribution in [3.05, 3.63) is 93.5 Å². The van der Waals surface area contributed by atoms with Crippen molar-refractivity contribution < 1.29 is 32.3 Å². The molecule has 1 aliphatic rings. The number of carbonyl (C=O) groups is 3. The summed E-state index contributed by atoms with van der Waals surface area (Å²) in [5.74, 6) is -2.35. The van der Waals surface area contributed by atoms with Gasteiger partial charge in [0.2, 0.25) is 11.9 Å². The van der Waals surface area contributed by atoms with Crippen LogP contribution in [0.5, 0.6) is 6.01 Å². The average Bonchev–Trinajstić information content (AvgIpc) is 3.87. The van der Waals surface area contributed by atoms with E-state index >= 15 is 0 Å². The monoisotopic (exact) mass is 744 g/mol. The molecule has 3 aromatic carbocycles. The van der Waals surface area contributed by atoms with Gasteiger partial charge in [0.25, 0.3) is 5.91 Å². The van der Waals surface area contributed by atoms with Crippen LogP contribution in [0.25, 0.3) is 0 Å². The maximum atomic E-state index is 12.9. The van der Waals surface area contributed by atoms with Crippen LogP contribution < -0.4 is 31.3 Å². The van der Waals surface area contributed by atoms with Crippen LogP contribution in [0.4, 0.5) is 36.4 Å². The van der Waals surface area contributed by atoms with E-state index in [0.717, 1.165) is 24.0 Å². The minimum absolute atomic E-state index is 0.00948. The summed E-state index contributed by atoms with van der Waals surface area (Å²) in [5.41, 5.74) is 2.37. The molecule has 0 spiro atoms. The lowest BCUT2D eigenvalue weighted by Gasteiger charge is -2.19. The Morgan fingerprint density at radius 1 is 0.863 bits per heavy atom. The molecular weight excluding hydrogens is 712 g/mol. The lowest BCUT2D eigenvalue weighted by molar-refractivity contribution is -0.154. The molecule has 51 heavy (non-hydrogen) atoms. The summed E-state index contributed by atoms with van der Waals surface area (Å²) >= 11 is 12.1. The van der Waals surface area contributed by atoms with Crippen LogP contribution in [0.15, 0.2) is 66.7 Å². The summed E-state index contributed by atoms with van der Waals surface area (Å²) in [6.45, 7) is 2.34. The van der Waals surface area contributed by atoms with Gasteiger partial charge in [0, 0.05) is 40.1 Å². The third kappa shape index (κ3) is 10.7. The van der Waals surface area contributed by atoms with E-state index in [1.54, 1.807) is 49.4 Å². The number of alkyl halides is 3. The highest BCUT2D eigenvalue weighted by Crippen LogP contribution is 2.48. The molecule has 268 valence electrons. The zero-order valence-electron chi connectivity index (χ0n) is 27.3. The van der Waals surface area contributed by atoms with Crippen LogP contribution in [0.2, 0.25) is 10.0 Å². The van der Waals surface area contributed by atoms with Crippen molar-refractivity contribution >= 4 is 64.2 Å². The van der Waals surface area contributed by atoms with E-state index < -0.39 is 36.1 Å². The molecular formula is C34H33Cl2F3N8O4. The number of halogens is 5. The molecule has 5 N–H and O–H groups in total. The average molecular weight is 746 g/mol. The first-order valence-corrected chi connectivity index (χ1v) is 16.4. The molecule has 3 amide bonds. The second-order valence-electron chi connectivity index (χ2n) is 12.0. The Kier molecular flexibility index (Phi) is 11.5. The Hall–Kier alpha value is -5.15. The molecule has 1 atom stereocenters. The van der Waals surface area contributed by atoms with Crippen LogP contribution in [-0.4, -0.2) is 58.5 Å². The summed E-state index contributed by atoms with van der Waals surface area (Å²) in [7, 11) is 0. The van der Waals surface area contributed by atoms with Gasteiger partial charge in [-0.2, -0.15) is 28.1 Å². The molecule has 1 fully saturated rings. The molecule has 17 heteroatoms. The van der Waals surface area contributed by atoms with Gasteiger partial charge in [-0.1, -0.05) is 48.3 Å². The van der Waals surface area contributed by atoms with Gasteiger partial charge >= 0.3 is 24.0 Å². The number of carbonyl (C=O) groups excluding carboxylic acids is 3. The highest BCUT2D eigenvalue weighted by atomic mass is 35.5. The van der Waals surface area contributed by atoms with E-state index in [1.165, 1.54) is 12.1 Å². The summed E-state index contributed by atoms with van der Waals surface area (Å²) in [6.07, 6.45) is -3.13. The fourth-order valence-electron chi connectivity index (χ4n) is 4.75. The van der Waals surface area contributed by atoms with Gasteiger partial charge in [0.15, 0.2) is 6.61 Å². The predicted molar refractivity (Wildman–Crippen MR) is 186 cm³/mol. The number of nitrogens with one attached hydrogen (secondary N) is 5. The van der Waals surface area contributed by atoms with Crippen LogP contribution >= 0.6 is 23.2 Å². The third-order valence-corrected chi connectivity index (χ3v) is 8.40. The van der Waals surface area contributed by atoms with Gasteiger partial charge in [0.05, 0.1) is 5.54 Å². The number of rotatable bonds is 13. The van der Waals surface area contributed by atoms with Crippen LogP contribution in [0.1, 0.15) is 41.3 Å². The first-order valence-electron chi connectivity index (χ1n) is 15.7. The van der Waals surface area contributed by atoms with Gasteiger partial charge in [-0.15, -0.1) is 0 Å². The quantitative estimate of drug-likeness (QED) is 0.0978. The van der Waals surface area contributed by atoms with Gasteiger partial charge < -0.3 is 31.3 Å². The third-order valence-electron chi connectivity index (χ3n) is 7.74. The van der Waals surface area contributed by atoms with Crippen molar-refractivity contribution in [2.75, 3.05) is 35.6 Å².